The molecule has 0 spiro atoms. The molecule has 1 aliphatic carbocycles. The van der Waals surface area contributed by atoms with Gasteiger partial charge in [-0.25, -0.2) is 8.78 Å². The second-order valence-corrected chi connectivity index (χ2v) is 5.18. The van der Waals surface area contributed by atoms with Gasteiger partial charge in [-0.05, 0) is 36.6 Å². The Balaban J connectivity index is 1.75. The van der Waals surface area contributed by atoms with Gasteiger partial charge in [-0.2, -0.15) is 0 Å². The Kier molecular flexibility index (Phi) is 3.69. The molecule has 0 heterocycles. The highest BCUT2D eigenvalue weighted by atomic mass is 19.1. The van der Waals surface area contributed by atoms with Crippen molar-refractivity contribution in [2.24, 2.45) is 0 Å². The van der Waals surface area contributed by atoms with Crippen molar-refractivity contribution in [1.82, 2.24) is 0 Å². The monoisotopic (exact) mass is 288 g/mol. The second kappa shape index (κ2) is 5.64. The van der Waals surface area contributed by atoms with E-state index in [0.717, 1.165) is 25.0 Å². The number of carbonyl (C=O) groups excluding carboxylic acids is 1. The molecule has 2 nitrogen and oxygen atoms in total. The van der Waals surface area contributed by atoms with Crippen LogP contribution in [0.4, 0.5) is 8.78 Å². The maximum absolute atomic E-state index is 13.6. The smallest absolute Gasteiger partial charge is 0.167 e. The summed E-state index contributed by atoms with van der Waals surface area (Å²) in [4.78, 5) is 12.2. The Morgan fingerprint density at radius 1 is 1.14 bits per heavy atom. The van der Waals surface area contributed by atoms with E-state index in [0.29, 0.717) is 11.3 Å². The van der Waals surface area contributed by atoms with Crippen molar-refractivity contribution in [2.45, 2.75) is 25.4 Å². The second-order valence-electron chi connectivity index (χ2n) is 5.18. The molecule has 1 saturated carbocycles. The molecule has 2 aromatic carbocycles. The molecule has 0 aliphatic heterocycles. The summed E-state index contributed by atoms with van der Waals surface area (Å²) >= 11 is 0. The van der Waals surface area contributed by atoms with Crippen molar-refractivity contribution in [3.8, 4) is 5.75 Å². The summed E-state index contributed by atoms with van der Waals surface area (Å²) in [6.07, 6.45) is 2.24. The number of carbonyl (C=O) groups is 1. The van der Waals surface area contributed by atoms with Crippen LogP contribution in [0.25, 0.3) is 0 Å². The summed E-state index contributed by atoms with van der Waals surface area (Å²) in [5, 5.41) is 0. The minimum atomic E-state index is -0.700. The van der Waals surface area contributed by atoms with Crippen LogP contribution < -0.4 is 4.74 Å². The molecule has 1 fully saturated rings. The van der Waals surface area contributed by atoms with Gasteiger partial charge in [0.25, 0.3) is 0 Å². The fourth-order valence-corrected chi connectivity index (χ4v) is 2.06. The summed E-state index contributed by atoms with van der Waals surface area (Å²) in [7, 11) is 0. The van der Waals surface area contributed by atoms with Gasteiger partial charge in [0.15, 0.2) is 5.78 Å². The van der Waals surface area contributed by atoms with Gasteiger partial charge >= 0.3 is 0 Å². The molecule has 0 atom stereocenters. The molecule has 0 aromatic heterocycles. The van der Waals surface area contributed by atoms with E-state index in [4.69, 9.17) is 4.74 Å². The number of benzene rings is 2. The van der Waals surface area contributed by atoms with E-state index < -0.39 is 11.6 Å². The zero-order valence-corrected chi connectivity index (χ0v) is 11.3. The van der Waals surface area contributed by atoms with Gasteiger partial charge in [0.2, 0.25) is 0 Å². The largest absolute Gasteiger partial charge is 0.490 e. The lowest BCUT2D eigenvalue weighted by molar-refractivity contribution is 0.0991. The minimum absolute atomic E-state index is 0.0982. The van der Waals surface area contributed by atoms with Crippen LogP contribution in [0.3, 0.4) is 0 Å². The van der Waals surface area contributed by atoms with E-state index in [1.165, 1.54) is 6.07 Å². The summed E-state index contributed by atoms with van der Waals surface area (Å²) in [5.41, 5.74) is 0.659. The van der Waals surface area contributed by atoms with E-state index in [-0.39, 0.29) is 23.9 Å². The number of ether oxygens (including phenoxy) is 1. The van der Waals surface area contributed by atoms with Crippen molar-refractivity contribution < 1.29 is 18.3 Å². The van der Waals surface area contributed by atoms with Crippen LogP contribution in [0, 0.1) is 11.6 Å². The summed E-state index contributed by atoms with van der Waals surface area (Å²) < 4.78 is 32.0. The zero-order valence-electron chi connectivity index (χ0n) is 11.3. The zero-order chi connectivity index (χ0) is 14.8. The van der Waals surface area contributed by atoms with Crippen molar-refractivity contribution >= 4 is 5.78 Å². The van der Waals surface area contributed by atoms with Gasteiger partial charge < -0.3 is 4.74 Å². The average Bonchev–Trinajstić information content (AvgIpc) is 3.26. The van der Waals surface area contributed by atoms with E-state index >= 15 is 0 Å². The topological polar surface area (TPSA) is 26.3 Å². The molecule has 0 N–H and O–H groups in total. The molecule has 0 unspecified atom stereocenters. The molecule has 1 aliphatic rings. The molecule has 3 rings (SSSR count). The molecule has 21 heavy (non-hydrogen) atoms. The molecule has 0 saturated heterocycles. The quantitative estimate of drug-likeness (QED) is 0.779. The van der Waals surface area contributed by atoms with Crippen molar-refractivity contribution in [2.75, 3.05) is 0 Å². The van der Waals surface area contributed by atoms with Crippen LogP contribution in [0.1, 0.15) is 28.8 Å². The first-order chi connectivity index (χ1) is 10.1. The van der Waals surface area contributed by atoms with Gasteiger partial charge in [0.1, 0.15) is 17.4 Å². The van der Waals surface area contributed by atoms with Crippen LogP contribution in [-0.4, -0.2) is 11.9 Å². The fraction of sp³-hybridized carbons (Fsp3) is 0.235. The maximum atomic E-state index is 13.6. The van der Waals surface area contributed by atoms with Crippen molar-refractivity contribution in [3.63, 3.8) is 0 Å². The first kappa shape index (κ1) is 13.7. The molecule has 0 radical (unpaired) electrons. The Morgan fingerprint density at radius 3 is 2.67 bits per heavy atom. The van der Waals surface area contributed by atoms with E-state index in [1.54, 1.807) is 24.3 Å². The molecule has 2 aromatic rings. The average molecular weight is 288 g/mol. The van der Waals surface area contributed by atoms with Gasteiger partial charge in [0, 0.05) is 18.1 Å². The van der Waals surface area contributed by atoms with Crippen molar-refractivity contribution in [1.29, 1.82) is 0 Å². The Hall–Kier alpha value is -2.23. The molecule has 4 heteroatoms. The van der Waals surface area contributed by atoms with Crippen molar-refractivity contribution in [3.05, 3.63) is 65.2 Å². The Bertz CT molecular complexity index is 678. The molecule has 108 valence electrons. The van der Waals surface area contributed by atoms with Crippen LogP contribution in [0.5, 0.6) is 5.75 Å². The fourth-order valence-electron chi connectivity index (χ4n) is 2.06. The lowest BCUT2D eigenvalue weighted by atomic mass is 10.0. The third-order valence-corrected chi connectivity index (χ3v) is 3.35. The first-order valence-electron chi connectivity index (χ1n) is 6.85. The Labute approximate surface area is 121 Å². The highest BCUT2D eigenvalue weighted by Crippen LogP contribution is 2.27. The standard InChI is InChI=1S/C17H14F2O2/c18-13-5-4-11(16(19)10-13)9-17(20)12-2-1-3-15(8-12)21-14-6-7-14/h1-5,8,10,14H,6-7,9H2. The normalized spacial score (nSPS) is 14.0. The van der Waals surface area contributed by atoms with E-state index in [9.17, 15) is 13.6 Å². The maximum Gasteiger partial charge on any atom is 0.167 e. The SMILES string of the molecule is O=C(Cc1ccc(F)cc1F)c1cccc(OC2CC2)c1. The minimum Gasteiger partial charge on any atom is -0.490 e. The van der Waals surface area contributed by atoms with Gasteiger partial charge in [0.05, 0.1) is 6.10 Å². The summed E-state index contributed by atoms with van der Waals surface area (Å²) in [6.45, 7) is 0. The molecule has 0 amide bonds. The highest BCUT2D eigenvalue weighted by Gasteiger charge is 2.23. The number of Topliss-reactive ketones (excluding diaryl/α,β-unsaturated/α-hetero) is 1. The van der Waals surface area contributed by atoms with Crippen LogP contribution >= 0.6 is 0 Å². The molecule has 0 bridgehead atoms. The lowest BCUT2D eigenvalue weighted by Crippen LogP contribution is -2.06. The molecular formula is C17H14F2O2. The highest BCUT2D eigenvalue weighted by molar-refractivity contribution is 5.97. The number of rotatable bonds is 5. The predicted octanol–water partition coefficient (Wildman–Crippen LogP) is 3.93. The number of ketones is 1. The number of hydrogen-bond donors (Lipinski definition) is 0. The van der Waals surface area contributed by atoms with E-state index in [1.807, 2.05) is 0 Å². The third-order valence-electron chi connectivity index (χ3n) is 3.35. The third kappa shape index (κ3) is 3.45. The lowest BCUT2D eigenvalue weighted by Gasteiger charge is -2.07. The van der Waals surface area contributed by atoms with Crippen LogP contribution in [0.2, 0.25) is 0 Å². The number of halogens is 2. The number of hydrogen-bond acceptors (Lipinski definition) is 2. The predicted molar refractivity (Wildman–Crippen MR) is 74.5 cm³/mol. The van der Waals surface area contributed by atoms with Gasteiger partial charge in [-0.15, -0.1) is 0 Å². The van der Waals surface area contributed by atoms with E-state index in [2.05, 4.69) is 0 Å². The van der Waals surface area contributed by atoms with Crippen LogP contribution in [0.15, 0.2) is 42.5 Å². The Morgan fingerprint density at radius 2 is 1.95 bits per heavy atom. The van der Waals surface area contributed by atoms with Gasteiger partial charge in [-0.3, -0.25) is 4.79 Å². The summed E-state index contributed by atoms with van der Waals surface area (Å²) in [5.74, 6) is -0.915. The summed E-state index contributed by atoms with van der Waals surface area (Å²) in [6, 6.07) is 10.1. The molecular weight excluding hydrogens is 274 g/mol. The van der Waals surface area contributed by atoms with Gasteiger partial charge in [-0.1, -0.05) is 18.2 Å². The van der Waals surface area contributed by atoms with Crippen LogP contribution in [-0.2, 0) is 6.42 Å². The first-order valence-corrected chi connectivity index (χ1v) is 6.85.